The lowest BCUT2D eigenvalue weighted by Gasteiger charge is -2.14. The van der Waals surface area contributed by atoms with Crippen LogP contribution in [0, 0.1) is 0 Å². The molecule has 0 aliphatic heterocycles. The Balaban J connectivity index is 2.67. The molecule has 0 bridgehead atoms. The van der Waals surface area contributed by atoms with E-state index >= 15 is 0 Å². The van der Waals surface area contributed by atoms with Crippen LogP contribution in [-0.4, -0.2) is 19.2 Å². The summed E-state index contributed by atoms with van der Waals surface area (Å²) in [5.74, 6) is 0.618. The summed E-state index contributed by atoms with van der Waals surface area (Å²) in [7, 11) is 3.47. The lowest BCUT2D eigenvalue weighted by Crippen LogP contribution is -2.14. The third-order valence-electron chi connectivity index (χ3n) is 1.83. The maximum atomic E-state index is 9.73. The third kappa shape index (κ3) is 3.42. The van der Waals surface area contributed by atoms with Crippen LogP contribution in [-0.2, 0) is 9.88 Å². The second kappa shape index (κ2) is 4.89. The number of anilines is 1. The van der Waals surface area contributed by atoms with Crippen molar-refractivity contribution in [2.45, 2.75) is 19.4 Å². The van der Waals surface area contributed by atoms with Crippen molar-refractivity contribution in [2.75, 3.05) is 18.4 Å². The van der Waals surface area contributed by atoms with E-state index in [1.165, 1.54) is 6.26 Å². The van der Waals surface area contributed by atoms with Gasteiger partial charge in [0, 0.05) is 25.7 Å². The smallest absolute Gasteiger partial charge is 0.206 e. The highest BCUT2D eigenvalue weighted by molar-refractivity contribution is 7.96. The summed E-state index contributed by atoms with van der Waals surface area (Å²) in [6.45, 7) is 3.41. The maximum absolute atomic E-state index is 9.73. The molecule has 6 heteroatoms. The van der Waals surface area contributed by atoms with Gasteiger partial charge in [0.05, 0.1) is 11.9 Å². The molecule has 0 spiro atoms. The van der Waals surface area contributed by atoms with E-state index in [-0.39, 0.29) is 0 Å². The van der Waals surface area contributed by atoms with Crippen LogP contribution < -0.4 is 9.79 Å². The second-order valence-corrected chi connectivity index (χ2v) is 4.46. The van der Waals surface area contributed by atoms with Gasteiger partial charge in [0.2, 0.25) is 5.88 Å². The van der Waals surface area contributed by atoms with Crippen LogP contribution in [0.1, 0.15) is 19.4 Å². The molecule has 0 unspecified atom stereocenters. The Hall–Kier alpha value is -0.690. The van der Waals surface area contributed by atoms with Gasteiger partial charge in [-0.15, -0.1) is 0 Å². The lowest BCUT2D eigenvalue weighted by molar-refractivity contribution is 0.0779. The minimum Gasteiger partial charge on any atom is -0.447 e. The van der Waals surface area contributed by atoms with Crippen molar-refractivity contribution in [3.63, 3.8) is 0 Å². The van der Waals surface area contributed by atoms with E-state index in [2.05, 4.69) is 5.48 Å². The van der Waals surface area contributed by atoms with Crippen molar-refractivity contribution in [2.24, 2.45) is 0 Å². The molecule has 0 aromatic carbocycles. The summed E-state index contributed by atoms with van der Waals surface area (Å²) >= 11 is 1.10. The molecule has 5 nitrogen and oxygen atoms in total. The molecule has 0 aliphatic rings. The van der Waals surface area contributed by atoms with Crippen molar-refractivity contribution in [3.05, 3.63) is 17.9 Å². The number of rotatable bonds is 5. The van der Waals surface area contributed by atoms with E-state index in [9.17, 15) is 5.11 Å². The molecule has 2 N–H and O–H groups in total. The fraction of sp³-hybridized carbons (Fsp3) is 0.556. The van der Waals surface area contributed by atoms with Crippen LogP contribution in [0.25, 0.3) is 0 Å². The van der Waals surface area contributed by atoms with Crippen molar-refractivity contribution >= 4 is 18.1 Å². The highest BCUT2D eigenvalue weighted by Gasteiger charge is 2.20. The number of hydrogen-bond acceptors (Lipinski definition) is 6. The summed E-state index contributed by atoms with van der Waals surface area (Å²) < 4.78 is 11.9. The monoisotopic (exact) mass is 232 g/mol. The predicted octanol–water partition coefficient (Wildman–Crippen LogP) is 1.66. The van der Waals surface area contributed by atoms with Crippen molar-refractivity contribution in [1.29, 1.82) is 0 Å². The zero-order chi connectivity index (χ0) is 11.5. The SMILES string of the molecule is CNOSN(C)c1cc(C(C)(C)O)co1. The number of hydrogen-bond donors (Lipinski definition) is 2. The van der Waals surface area contributed by atoms with Gasteiger partial charge in [-0.3, -0.25) is 4.31 Å². The highest BCUT2D eigenvalue weighted by atomic mass is 32.2. The number of hydroxylamine groups is 1. The number of furan rings is 1. The molecule has 1 rings (SSSR count). The van der Waals surface area contributed by atoms with Crippen molar-refractivity contribution in [1.82, 2.24) is 5.48 Å². The van der Waals surface area contributed by atoms with Crippen LogP contribution in [0.4, 0.5) is 5.88 Å². The fourth-order valence-corrected chi connectivity index (χ4v) is 1.30. The Morgan fingerprint density at radius 1 is 1.60 bits per heavy atom. The van der Waals surface area contributed by atoms with Crippen LogP contribution in [0.3, 0.4) is 0 Å². The minimum atomic E-state index is -0.892. The highest BCUT2D eigenvalue weighted by Crippen LogP contribution is 2.28. The molecule has 0 atom stereocenters. The Bertz CT molecular complexity index is 309. The van der Waals surface area contributed by atoms with Gasteiger partial charge < -0.3 is 9.52 Å². The first-order valence-electron chi connectivity index (χ1n) is 4.50. The number of aliphatic hydroxyl groups is 1. The maximum Gasteiger partial charge on any atom is 0.206 e. The zero-order valence-electron chi connectivity index (χ0n) is 9.27. The van der Waals surface area contributed by atoms with Gasteiger partial charge in [-0.05, 0) is 13.8 Å². The molecule has 1 aromatic rings. The topological polar surface area (TPSA) is 57.9 Å². The number of nitrogens with one attached hydrogen (secondary N) is 1. The standard InChI is InChI=1S/C9H16N2O3S/c1-9(2,12)7-5-8(13-6-7)11(4)15-14-10-3/h5-6,10,12H,1-4H3. The molecule has 1 aromatic heterocycles. The van der Waals surface area contributed by atoms with Crippen molar-refractivity contribution in [3.8, 4) is 0 Å². The van der Waals surface area contributed by atoms with Gasteiger partial charge in [-0.2, -0.15) is 5.48 Å². The number of nitrogens with zero attached hydrogens (tertiary/aromatic N) is 1. The molecule has 0 saturated heterocycles. The molecule has 15 heavy (non-hydrogen) atoms. The molecular formula is C9H16N2O3S. The zero-order valence-corrected chi connectivity index (χ0v) is 10.1. The molecule has 0 fully saturated rings. The van der Waals surface area contributed by atoms with E-state index in [1.54, 1.807) is 38.3 Å². The molecule has 0 saturated carbocycles. The van der Waals surface area contributed by atoms with Gasteiger partial charge in [0.25, 0.3) is 0 Å². The molecule has 86 valence electrons. The average molecular weight is 232 g/mol. The van der Waals surface area contributed by atoms with Gasteiger partial charge in [-0.25, -0.2) is 4.28 Å². The van der Waals surface area contributed by atoms with Gasteiger partial charge in [0.15, 0.2) is 0 Å². The first-order valence-corrected chi connectivity index (χ1v) is 5.20. The summed E-state index contributed by atoms with van der Waals surface area (Å²) in [6, 6.07) is 1.77. The molecule has 1 heterocycles. The first-order chi connectivity index (χ1) is 6.95. The fourth-order valence-electron chi connectivity index (χ4n) is 0.941. The Morgan fingerprint density at radius 2 is 2.27 bits per heavy atom. The predicted molar refractivity (Wildman–Crippen MR) is 60.1 cm³/mol. The second-order valence-electron chi connectivity index (χ2n) is 3.59. The Labute approximate surface area is 93.7 Å². The van der Waals surface area contributed by atoms with Crippen LogP contribution >= 0.6 is 12.2 Å². The van der Waals surface area contributed by atoms with E-state index in [0.717, 1.165) is 17.8 Å². The summed E-state index contributed by atoms with van der Waals surface area (Å²) in [5, 5.41) is 9.73. The Morgan fingerprint density at radius 3 is 2.73 bits per heavy atom. The first kappa shape index (κ1) is 12.4. The summed E-state index contributed by atoms with van der Waals surface area (Å²) in [5.41, 5.74) is 2.37. The van der Waals surface area contributed by atoms with Crippen LogP contribution in [0.2, 0.25) is 0 Å². The van der Waals surface area contributed by atoms with Gasteiger partial charge >= 0.3 is 0 Å². The summed E-state index contributed by atoms with van der Waals surface area (Å²) in [4.78, 5) is 0. The lowest BCUT2D eigenvalue weighted by atomic mass is 10.0. The van der Waals surface area contributed by atoms with Gasteiger partial charge in [-0.1, -0.05) is 0 Å². The van der Waals surface area contributed by atoms with E-state index in [4.69, 9.17) is 8.70 Å². The van der Waals surface area contributed by atoms with Crippen LogP contribution in [0.5, 0.6) is 0 Å². The quantitative estimate of drug-likeness (QED) is 0.457. The molecule has 0 amide bonds. The van der Waals surface area contributed by atoms with E-state index in [0.29, 0.717) is 5.88 Å². The average Bonchev–Trinajstić information content (AvgIpc) is 2.62. The molecule has 0 aliphatic carbocycles. The molecular weight excluding hydrogens is 216 g/mol. The normalized spacial score (nSPS) is 11.8. The van der Waals surface area contributed by atoms with Crippen LogP contribution in [0.15, 0.2) is 16.7 Å². The Kier molecular flexibility index (Phi) is 4.04. The largest absolute Gasteiger partial charge is 0.447 e. The van der Waals surface area contributed by atoms with Crippen molar-refractivity contribution < 1.29 is 13.8 Å². The third-order valence-corrected chi connectivity index (χ3v) is 2.48. The molecule has 0 radical (unpaired) electrons. The van der Waals surface area contributed by atoms with E-state index < -0.39 is 5.60 Å². The van der Waals surface area contributed by atoms with E-state index in [1.807, 2.05) is 0 Å². The van der Waals surface area contributed by atoms with Gasteiger partial charge in [0.1, 0.15) is 12.2 Å². The summed E-state index contributed by atoms with van der Waals surface area (Å²) in [6.07, 6.45) is 1.53. The minimum absolute atomic E-state index is 0.618.